The lowest BCUT2D eigenvalue weighted by molar-refractivity contribution is 0.494. The van der Waals surface area contributed by atoms with Gasteiger partial charge in [0.2, 0.25) is 0 Å². The van der Waals surface area contributed by atoms with Gasteiger partial charge in [-0.15, -0.1) is 0 Å². The van der Waals surface area contributed by atoms with Gasteiger partial charge in [-0.2, -0.15) is 10.4 Å². The number of allylic oxidation sites excluding steroid dienone is 1. The summed E-state index contributed by atoms with van der Waals surface area (Å²) in [4.78, 5) is 11.8. The highest BCUT2D eigenvalue weighted by atomic mass is 15.2. The summed E-state index contributed by atoms with van der Waals surface area (Å²) in [5, 5.41) is 25.2. The normalized spacial score (nSPS) is 22.4. The lowest BCUT2D eigenvalue weighted by atomic mass is 10.0. The zero-order valence-corrected chi connectivity index (χ0v) is 18.3. The Bertz CT molecular complexity index is 1220. The van der Waals surface area contributed by atoms with Crippen molar-refractivity contribution < 1.29 is 0 Å². The second kappa shape index (κ2) is 8.08. The molecule has 4 heterocycles. The average Bonchev–Trinajstić information content (AvgIpc) is 3.49. The maximum Gasteiger partial charge on any atom is 0.147 e. The molecule has 5 rings (SSSR count). The van der Waals surface area contributed by atoms with Gasteiger partial charge in [-0.1, -0.05) is 6.92 Å². The molecule has 0 spiro atoms. The Hall–Kier alpha value is -3.73. The van der Waals surface area contributed by atoms with E-state index >= 15 is 0 Å². The second-order valence-electron chi connectivity index (χ2n) is 8.90. The fraction of sp³-hybridized carbons (Fsp3) is 0.375. The maximum absolute atomic E-state index is 9.57. The number of nitrogens with zero attached hydrogens (tertiary/aromatic N) is 6. The van der Waals surface area contributed by atoms with Crippen LogP contribution in [0.2, 0.25) is 0 Å². The van der Waals surface area contributed by atoms with Crippen LogP contribution in [-0.2, 0) is 0 Å². The molecule has 162 valence electrons. The Morgan fingerprint density at radius 2 is 2.00 bits per heavy atom. The van der Waals surface area contributed by atoms with Gasteiger partial charge in [-0.05, 0) is 48.9 Å². The molecule has 8 heteroatoms. The van der Waals surface area contributed by atoms with E-state index in [1.807, 2.05) is 12.3 Å². The lowest BCUT2D eigenvalue weighted by Crippen LogP contribution is -2.22. The molecule has 0 amide bonds. The molecule has 1 aliphatic heterocycles. The fourth-order valence-electron chi connectivity index (χ4n) is 5.22. The Kier molecular flexibility index (Phi) is 5.10. The van der Waals surface area contributed by atoms with Crippen LogP contribution in [0, 0.1) is 34.5 Å². The molecule has 3 atom stereocenters. The molecule has 32 heavy (non-hydrogen) atoms. The van der Waals surface area contributed by atoms with Gasteiger partial charge in [-0.25, -0.2) is 9.50 Å². The van der Waals surface area contributed by atoms with Crippen LogP contribution in [-0.4, -0.2) is 45.4 Å². The highest BCUT2D eigenvalue weighted by molar-refractivity contribution is 6.07. The van der Waals surface area contributed by atoms with Crippen molar-refractivity contribution >= 4 is 17.0 Å². The van der Waals surface area contributed by atoms with Gasteiger partial charge in [0, 0.05) is 37.5 Å². The summed E-state index contributed by atoms with van der Waals surface area (Å²) in [5.74, 6) is 3.28. The van der Waals surface area contributed by atoms with Gasteiger partial charge in [0.25, 0.3) is 0 Å². The zero-order chi connectivity index (χ0) is 22.2. The summed E-state index contributed by atoms with van der Waals surface area (Å²) < 4.78 is 1.64. The van der Waals surface area contributed by atoms with E-state index in [0.717, 1.165) is 42.2 Å². The van der Waals surface area contributed by atoms with Crippen LogP contribution in [0.1, 0.15) is 30.9 Å². The number of nitrogens with one attached hydrogen (secondary N) is 2. The van der Waals surface area contributed by atoms with E-state index in [2.05, 4.69) is 28.3 Å². The van der Waals surface area contributed by atoms with E-state index in [1.165, 1.54) is 12.8 Å². The number of aromatic nitrogens is 4. The van der Waals surface area contributed by atoms with E-state index in [-0.39, 0.29) is 0 Å². The van der Waals surface area contributed by atoms with Gasteiger partial charge in [-0.3, -0.25) is 4.98 Å². The van der Waals surface area contributed by atoms with E-state index in [0.29, 0.717) is 28.0 Å². The van der Waals surface area contributed by atoms with Gasteiger partial charge < -0.3 is 15.6 Å². The van der Waals surface area contributed by atoms with Crippen LogP contribution in [0.25, 0.3) is 16.8 Å². The number of pyridine rings is 1. The summed E-state index contributed by atoms with van der Waals surface area (Å²) in [7, 11) is 1.79. The van der Waals surface area contributed by atoms with Gasteiger partial charge in [0.15, 0.2) is 0 Å². The van der Waals surface area contributed by atoms with E-state index in [9.17, 15) is 5.26 Å². The van der Waals surface area contributed by atoms with E-state index < -0.39 is 0 Å². The Labute approximate surface area is 187 Å². The minimum Gasteiger partial charge on any atom is -0.394 e. The van der Waals surface area contributed by atoms with E-state index in [1.54, 1.807) is 42.4 Å². The quantitative estimate of drug-likeness (QED) is 0.607. The molecule has 0 radical (unpaired) electrons. The summed E-state index contributed by atoms with van der Waals surface area (Å²) in [6.45, 7) is 4.46. The molecule has 0 bridgehead atoms. The van der Waals surface area contributed by atoms with Crippen molar-refractivity contribution in [3.63, 3.8) is 0 Å². The van der Waals surface area contributed by atoms with Crippen LogP contribution >= 0.6 is 0 Å². The smallest absolute Gasteiger partial charge is 0.147 e. The van der Waals surface area contributed by atoms with Crippen LogP contribution in [0.4, 0.5) is 5.82 Å². The largest absolute Gasteiger partial charge is 0.394 e. The molecular weight excluding hydrogens is 400 g/mol. The Morgan fingerprint density at radius 1 is 1.22 bits per heavy atom. The third-order valence-corrected chi connectivity index (χ3v) is 6.68. The van der Waals surface area contributed by atoms with Gasteiger partial charge in [0.1, 0.15) is 11.9 Å². The summed E-state index contributed by atoms with van der Waals surface area (Å²) in [6.07, 6.45) is 12.9. The Morgan fingerprint density at radius 3 is 2.66 bits per heavy atom. The highest BCUT2D eigenvalue weighted by Crippen LogP contribution is 2.42. The highest BCUT2D eigenvalue weighted by Gasteiger charge is 2.39. The monoisotopic (exact) mass is 426 g/mol. The molecule has 2 N–H and O–H groups in total. The molecule has 3 aromatic heterocycles. The number of nitriles is 1. The average molecular weight is 427 g/mol. The number of hydrogen-bond donors (Lipinski definition) is 2. The van der Waals surface area contributed by atoms with E-state index in [4.69, 9.17) is 15.4 Å². The molecule has 1 unspecified atom stereocenters. The number of fused-ring (bicyclic) bond motifs is 2. The molecular formula is C24H26N8. The second-order valence-corrected chi connectivity index (χ2v) is 8.90. The van der Waals surface area contributed by atoms with Crippen molar-refractivity contribution in [1.29, 1.82) is 10.7 Å². The first-order chi connectivity index (χ1) is 15.6. The third-order valence-electron chi connectivity index (χ3n) is 6.68. The predicted octanol–water partition coefficient (Wildman–Crippen LogP) is 3.25. The van der Waals surface area contributed by atoms with Crippen molar-refractivity contribution in [2.45, 2.75) is 19.8 Å². The summed E-state index contributed by atoms with van der Waals surface area (Å²) in [5.41, 5.74) is 3.56. The molecule has 8 nitrogen and oxygen atoms in total. The Balaban J connectivity index is 1.49. The maximum atomic E-state index is 9.57. The van der Waals surface area contributed by atoms with Gasteiger partial charge >= 0.3 is 0 Å². The van der Waals surface area contributed by atoms with Crippen molar-refractivity contribution in [3.8, 4) is 17.3 Å². The fourth-order valence-corrected chi connectivity index (χ4v) is 5.22. The molecule has 1 saturated carbocycles. The molecule has 2 fully saturated rings. The third kappa shape index (κ3) is 3.50. The first kappa shape index (κ1) is 20.2. The van der Waals surface area contributed by atoms with Crippen molar-refractivity contribution in [2.75, 3.05) is 25.0 Å². The predicted molar refractivity (Wildman–Crippen MR) is 124 cm³/mol. The zero-order valence-electron chi connectivity index (χ0n) is 18.3. The lowest BCUT2D eigenvalue weighted by Gasteiger charge is -2.19. The standard InChI is InChI=1S/C24H26N8/c1-15-5-16-12-31(13-17(16)6-15)23-11-28-22(10-29-23)20-7-18(21(26)3-4-27-2)14-32-24(20)19(8-25)9-30-32/h3-4,7,9-11,14-17,26-27H,5-6,12-13H2,1-2H3/b4-3-,26-21?/t15?,16-,17+. The molecule has 0 aromatic carbocycles. The van der Waals surface area contributed by atoms with Crippen LogP contribution in [0.3, 0.4) is 0 Å². The van der Waals surface area contributed by atoms with Crippen molar-refractivity contribution in [3.05, 3.63) is 54.3 Å². The minimum absolute atomic E-state index is 0.332. The number of anilines is 1. The first-order valence-corrected chi connectivity index (χ1v) is 11.0. The number of rotatable bonds is 5. The van der Waals surface area contributed by atoms with Crippen LogP contribution < -0.4 is 10.2 Å². The summed E-state index contributed by atoms with van der Waals surface area (Å²) in [6, 6.07) is 4.09. The van der Waals surface area contributed by atoms with Gasteiger partial charge in [0.05, 0.1) is 41.1 Å². The molecule has 3 aromatic rings. The van der Waals surface area contributed by atoms with Crippen molar-refractivity contribution in [2.24, 2.45) is 17.8 Å². The molecule has 1 saturated heterocycles. The van der Waals surface area contributed by atoms with Crippen LogP contribution in [0.5, 0.6) is 0 Å². The van der Waals surface area contributed by atoms with Crippen LogP contribution in [0.15, 0.2) is 43.1 Å². The first-order valence-electron chi connectivity index (χ1n) is 11.0. The topological polar surface area (TPSA) is 106 Å². The van der Waals surface area contributed by atoms with Crippen molar-refractivity contribution in [1.82, 2.24) is 24.9 Å². The minimum atomic E-state index is 0.332. The SMILES string of the molecule is CN/C=C\C(=N)c1cc(-c2cnc(N3C[C@H]4CC(C)C[C@H]4C3)cn2)c2c(C#N)cnn2c1. The molecule has 1 aliphatic carbocycles. The number of hydrogen-bond acceptors (Lipinski definition) is 7. The summed E-state index contributed by atoms with van der Waals surface area (Å²) >= 11 is 0. The molecule has 2 aliphatic rings.